The van der Waals surface area contributed by atoms with Gasteiger partial charge in [0.05, 0.1) is 35.7 Å². The van der Waals surface area contributed by atoms with Crippen LogP contribution in [0.5, 0.6) is 5.75 Å². The monoisotopic (exact) mass is 404 g/mol. The Kier molecular flexibility index (Phi) is 5.81. The van der Waals surface area contributed by atoms with Gasteiger partial charge in [-0.1, -0.05) is 17.3 Å². The van der Waals surface area contributed by atoms with Crippen LogP contribution < -0.4 is 15.8 Å². The number of hydrogen-bond donors (Lipinski definition) is 2. The van der Waals surface area contributed by atoms with Gasteiger partial charge in [-0.15, -0.1) is 0 Å². The Morgan fingerprint density at radius 3 is 2.73 bits per heavy atom. The van der Waals surface area contributed by atoms with Gasteiger partial charge in [-0.3, -0.25) is 0 Å². The van der Waals surface area contributed by atoms with Crippen LogP contribution >= 0.6 is 0 Å². The third-order valence-corrected chi connectivity index (χ3v) is 4.82. The minimum atomic E-state index is 0.522. The van der Waals surface area contributed by atoms with Crippen molar-refractivity contribution in [3.8, 4) is 5.75 Å². The number of benzene rings is 2. The predicted octanol–water partition coefficient (Wildman–Crippen LogP) is 4.82. The SMILES string of the molecule is COc1ccc2c(Nc3ccc(/C(C)=N/OCCCN)cc3)c3ccoc3nc2c1. The third kappa shape index (κ3) is 4.06. The summed E-state index contributed by atoms with van der Waals surface area (Å²) >= 11 is 0. The van der Waals surface area contributed by atoms with Crippen molar-refractivity contribution < 1.29 is 14.0 Å². The number of fused-ring (bicyclic) bond motifs is 2. The highest BCUT2D eigenvalue weighted by Gasteiger charge is 2.12. The van der Waals surface area contributed by atoms with Crippen molar-refractivity contribution in [2.24, 2.45) is 10.9 Å². The molecule has 0 amide bonds. The number of nitrogens with two attached hydrogens (primary N) is 1. The van der Waals surface area contributed by atoms with Gasteiger partial charge in [-0.25, -0.2) is 4.98 Å². The van der Waals surface area contributed by atoms with Crippen molar-refractivity contribution in [2.45, 2.75) is 13.3 Å². The lowest BCUT2D eigenvalue weighted by molar-refractivity contribution is 0.143. The Hall–Kier alpha value is -3.58. The molecular formula is C23H24N4O3. The molecule has 2 heterocycles. The molecule has 0 fully saturated rings. The molecule has 0 aliphatic carbocycles. The number of hydrogen-bond acceptors (Lipinski definition) is 7. The van der Waals surface area contributed by atoms with Crippen molar-refractivity contribution >= 4 is 39.1 Å². The molecule has 30 heavy (non-hydrogen) atoms. The van der Waals surface area contributed by atoms with E-state index in [-0.39, 0.29) is 0 Å². The number of furan rings is 1. The zero-order chi connectivity index (χ0) is 20.9. The van der Waals surface area contributed by atoms with E-state index >= 15 is 0 Å². The summed E-state index contributed by atoms with van der Waals surface area (Å²) in [4.78, 5) is 9.89. The number of methoxy groups -OCH3 is 1. The first-order valence-electron chi connectivity index (χ1n) is 9.78. The Bertz CT molecular complexity index is 1180. The molecule has 7 nitrogen and oxygen atoms in total. The molecule has 0 aliphatic rings. The van der Waals surface area contributed by atoms with Crippen molar-refractivity contribution in [1.82, 2.24) is 4.98 Å². The topological polar surface area (TPSA) is 94.9 Å². The molecule has 154 valence electrons. The first kappa shape index (κ1) is 19.7. The predicted molar refractivity (Wildman–Crippen MR) is 120 cm³/mol. The number of anilines is 2. The Balaban J connectivity index is 1.63. The van der Waals surface area contributed by atoms with Crippen LogP contribution in [0, 0.1) is 0 Å². The van der Waals surface area contributed by atoms with E-state index in [0.717, 1.165) is 51.1 Å². The maximum atomic E-state index is 5.55. The highest BCUT2D eigenvalue weighted by atomic mass is 16.6. The number of ether oxygens (including phenoxy) is 1. The van der Waals surface area contributed by atoms with E-state index in [0.29, 0.717) is 18.9 Å². The summed E-state index contributed by atoms with van der Waals surface area (Å²) < 4.78 is 10.9. The molecule has 0 saturated heterocycles. The van der Waals surface area contributed by atoms with Crippen LogP contribution in [0.4, 0.5) is 11.4 Å². The number of nitrogens with zero attached hydrogens (tertiary/aromatic N) is 2. The lowest BCUT2D eigenvalue weighted by Gasteiger charge is -2.12. The fourth-order valence-electron chi connectivity index (χ4n) is 3.19. The molecule has 4 aromatic rings. The van der Waals surface area contributed by atoms with E-state index in [1.54, 1.807) is 13.4 Å². The van der Waals surface area contributed by atoms with Gasteiger partial charge in [0.1, 0.15) is 12.4 Å². The van der Waals surface area contributed by atoms with E-state index in [4.69, 9.17) is 19.7 Å². The molecule has 0 unspecified atom stereocenters. The van der Waals surface area contributed by atoms with Gasteiger partial charge in [0.25, 0.3) is 0 Å². The smallest absolute Gasteiger partial charge is 0.228 e. The van der Waals surface area contributed by atoms with Crippen LogP contribution in [0.3, 0.4) is 0 Å². The number of rotatable bonds is 8. The highest BCUT2D eigenvalue weighted by Crippen LogP contribution is 2.35. The van der Waals surface area contributed by atoms with Crippen LogP contribution in [-0.4, -0.2) is 31.0 Å². The highest BCUT2D eigenvalue weighted by molar-refractivity contribution is 6.07. The lowest BCUT2D eigenvalue weighted by atomic mass is 10.1. The van der Waals surface area contributed by atoms with Gasteiger partial charge >= 0.3 is 0 Å². The zero-order valence-electron chi connectivity index (χ0n) is 17.0. The standard InChI is InChI=1S/C23H24N4O3/c1-15(27-30-12-3-11-24)16-4-6-17(7-5-16)25-22-19-9-8-18(28-2)14-21(19)26-23-20(22)10-13-29-23/h4-10,13-14H,3,11-12,24H2,1-2H3,(H,25,26)/b27-15+. The second-order valence-corrected chi connectivity index (χ2v) is 6.86. The average molecular weight is 404 g/mol. The number of aromatic nitrogens is 1. The molecule has 0 atom stereocenters. The molecule has 2 aromatic carbocycles. The Labute approximate surface area is 174 Å². The maximum Gasteiger partial charge on any atom is 0.228 e. The van der Waals surface area contributed by atoms with Crippen molar-refractivity contribution in [2.75, 3.05) is 25.6 Å². The molecule has 4 rings (SSSR count). The van der Waals surface area contributed by atoms with E-state index in [2.05, 4.69) is 15.5 Å². The van der Waals surface area contributed by atoms with Crippen LogP contribution in [0.15, 0.2) is 64.4 Å². The van der Waals surface area contributed by atoms with Gasteiger partial charge in [0, 0.05) is 17.1 Å². The van der Waals surface area contributed by atoms with E-state index in [1.165, 1.54) is 0 Å². The van der Waals surface area contributed by atoms with Crippen molar-refractivity contribution in [3.05, 3.63) is 60.4 Å². The maximum absolute atomic E-state index is 5.55. The molecule has 0 spiro atoms. The lowest BCUT2D eigenvalue weighted by Crippen LogP contribution is -2.03. The molecule has 2 aromatic heterocycles. The minimum absolute atomic E-state index is 0.522. The fourth-order valence-corrected chi connectivity index (χ4v) is 3.19. The summed E-state index contributed by atoms with van der Waals surface area (Å²) in [7, 11) is 1.64. The second-order valence-electron chi connectivity index (χ2n) is 6.86. The minimum Gasteiger partial charge on any atom is -0.497 e. The van der Waals surface area contributed by atoms with Gasteiger partial charge in [0.2, 0.25) is 5.71 Å². The quantitative estimate of drug-likeness (QED) is 0.248. The molecule has 3 N–H and O–H groups in total. The molecule has 7 heteroatoms. The van der Waals surface area contributed by atoms with Crippen molar-refractivity contribution in [1.29, 1.82) is 0 Å². The zero-order valence-corrected chi connectivity index (χ0v) is 17.0. The van der Waals surface area contributed by atoms with Gasteiger partial charge in [-0.2, -0.15) is 0 Å². The molecular weight excluding hydrogens is 380 g/mol. The summed E-state index contributed by atoms with van der Waals surface area (Å²) in [5.74, 6) is 0.750. The summed E-state index contributed by atoms with van der Waals surface area (Å²) in [5.41, 5.74) is 10.5. The van der Waals surface area contributed by atoms with Gasteiger partial charge in [0.15, 0.2) is 0 Å². The van der Waals surface area contributed by atoms with E-state index in [1.807, 2.05) is 55.5 Å². The molecule has 0 bridgehead atoms. The van der Waals surface area contributed by atoms with E-state index < -0.39 is 0 Å². The van der Waals surface area contributed by atoms with Gasteiger partial charge in [-0.05, 0) is 55.8 Å². The van der Waals surface area contributed by atoms with Crippen LogP contribution in [0.2, 0.25) is 0 Å². The first-order valence-corrected chi connectivity index (χ1v) is 9.78. The molecule has 0 radical (unpaired) electrons. The number of oxime groups is 1. The third-order valence-electron chi connectivity index (χ3n) is 4.82. The van der Waals surface area contributed by atoms with Gasteiger partial charge < -0.3 is 25.0 Å². The second kappa shape index (κ2) is 8.84. The largest absolute Gasteiger partial charge is 0.497 e. The number of pyridine rings is 1. The Morgan fingerprint density at radius 1 is 1.13 bits per heavy atom. The van der Waals surface area contributed by atoms with Crippen molar-refractivity contribution in [3.63, 3.8) is 0 Å². The fraction of sp³-hybridized carbons (Fsp3) is 0.217. The summed E-state index contributed by atoms with van der Waals surface area (Å²) in [6.07, 6.45) is 2.43. The van der Waals surface area contributed by atoms with Crippen LogP contribution in [0.25, 0.3) is 22.0 Å². The number of nitrogens with one attached hydrogen (secondary N) is 1. The van der Waals surface area contributed by atoms with E-state index in [9.17, 15) is 0 Å². The normalized spacial score (nSPS) is 11.8. The molecule has 0 aliphatic heterocycles. The molecule has 0 saturated carbocycles. The average Bonchev–Trinajstić information content (AvgIpc) is 3.25. The first-order chi connectivity index (χ1) is 14.7. The van der Waals surface area contributed by atoms with Crippen LogP contribution in [-0.2, 0) is 4.84 Å². The Morgan fingerprint density at radius 2 is 1.97 bits per heavy atom. The summed E-state index contributed by atoms with van der Waals surface area (Å²) in [6.45, 7) is 3.03. The summed E-state index contributed by atoms with van der Waals surface area (Å²) in [6, 6.07) is 15.8. The van der Waals surface area contributed by atoms with Crippen LogP contribution in [0.1, 0.15) is 18.9 Å². The summed E-state index contributed by atoms with van der Waals surface area (Å²) in [5, 5.41) is 9.56.